The molecule has 0 spiro atoms. The average molecular weight is 647 g/mol. The molecule has 4 rings (SSSR count). The Bertz CT molecular complexity index is 1530. The van der Waals surface area contributed by atoms with Crippen molar-refractivity contribution >= 4 is 40.8 Å². The van der Waals surface area contributed by atoms with E-state index in [-0.39, 0.29) is 43.1 Å². The van der Waals surface area contributed by atoms with Gasteiger partial charge in [0.2, 0.25) is 11.8 Å². The van der Waals surface area contributed by atoms with E-state index in [2.05, 4.69) is 5.32 Å². The Kier molecular flexibility index (Phi) is 12.4. The molecule has 1 fully saturated rings. The third kappa shape index (κ3) is 9.68. The van der Waals surface area contributed by atoms with Crippen molar-refractivity contribution in [1.82, 2.24) is 10.2 Å². The maximum Gasteiger partial charge on any atom is 0.514 e. The lowest BCUT2D eigenvalue weighted by atomic mass is 10.0. The lowest BCUT2D eigenvalue weighted by molar-refractivity contribution is -0.154. The van der Waals surface area contributed by atoms with Crippen molar-refractivity contribution in [3.8, 4) is 5.75 Å². The lowest BCUT2D eigenvalue weighted by Crippen LogP contribution is -2.48. The monoisotopic (exact) mass is 646 g/mol. The van der Waals surface area contributed by atoms with Crippen LogP contribution in [0.25, 0.3) is 0 Å². The van der Waals surface area contributed by atoms with Gasteiger partial charge in [0.1, 0.15) is 18.4 Å². The summed E-state index contributed by atoms with van der Waals surface area (Å²) in [5.41, 5.74) is 3.48. The number of hydrogen-bond donors (Lipinski definition) is 1. The van der Waals surface area contributed by atoms with Gasteiger partial charge in [-0.25, -0.2) is 9.59 Å². The highest BCUT2D eigenvalue weighted by molar-refractivity contribution is 8.14. The Morgan fingerprint density at radius 1 is 0.913 bits per heavy atom. The summed E-state index contributed by atoms with van der Waals surface area (Å²) in [6.07, 6.45) is 0.368. The summed E-state index contributed by atoms with van der Waals surface area (Å²) in [6, 6.07) is 22.4. The van der Waals surface area contributed by atoms with Gasteiger partial charge in [0, 0.05) is 6.92 Å². The van der Waals surface area contributed by atoms with Gasteiger partial charge in [-0.05, 0) is 61.9 Å². The fourth-order valence-corrected chi connectivity index (χ4v) is 6.21. The summed E-state index contributed by atoms with van der Waals surface area (Å²) >= 11 is 0.861. The molecular formula is C35H38N2O8S. The van der Waals surface area contributed by atoms with Crippen molar-refractivity contribution in [2.24, 2.45) is 0 Å². The first-order valence-corrected chi connectivity index (χ1v) is 16.0. The summed E-state index contributed by atoms with van der Waals surface area (Å²) in [5, 5.41) is 1.61. The number of aryl methyl sites for hydroxylation is 1. The minimum Gasteiger partial charge on any atom is -0.464 e. The quantitative estimate of drug-likeness (QED) is 0.206. The molecule has 242 valence electrons. The fraction of sp³-hybridized carbons (Fsp3) is 0.343. The number of likely N-dealkylation sites (tertiary alicyclic amines) is 1. The van der Waals surface area contributed by atoms with E-state index in [0.29, 0.717) is 18.4 Å². The van der Waals surface area contributed by atoms with Crippen molar-refractivity contribution in [3.05, 3.63) is 101 Å². The van der Waals surface area contributed by atoms with E-state index in [0.717, 1.165) is 28.5 Å². The molecule has 3 atom stereocenters. The van der Waals surface area contributed by atoms with Crippen molar-refractivity contribution < 1.29 is 38.2 Å². The van der Waals surface area contributed by atoms with E-state index in [9.17, 15) is 24.0 Å². The van der Waals surface area contributed by atoms with Crippen LogP contribution in [0.2, 0.25) is 0 Å². The van der Waals surface area contributed by atoms with Crippen LogP contribution in [0.3, 0.4) is 0 Å². The number of ether oxygens (including phenoxy) is 3. The number of esters is 1. The van der Waals surface area contributed by atoms with Crippen LogP contribution in [0.5, 0.6) is 5.75 Å². The number of amides is 2. The van der Waals surface area contributed by atoms with Gasteiger partial charge in [-0.2, -0.15) is 0 Å². The smallest absolute Gasteiger partial charge is 0.464 e. The normalized spacial score (nSPS) is 16.3. The van der Waals surface area contributed by atoms with Gasteiger partial charge in [0.05, 0.1) is 24.4 Å². The molecule has 46 heavy (non-hydrogen) atoms. The lowest BCUT2D eigenvalue weighted by Gasteiger charge is -2.30. The van der Waals surface area contributed by atoms with Gasteiger partial charge in [-0.1, -0.05) is 84.1 Å². The molecule has 2 amide bonds. The van der Waals surface area contributed by atoms with Crippen LogP contribution in [-0.2, 0) is 41.7 Å². The number of carbonyl (C=O) groups is 5. The van der Waals surface area contributed by atoms with Crippen LogP contribution >= 0.6 is 11.8 Å². The maximum atomic E-state index is 13.6. The molecule has 0 saturated carbocycles. The van der Waals surface area contributed by atoms with Crippen LogP contribution in [0, 0.1) is 6.92 Å². The second-order valence-corrected chi connectivity index (χ2v) is 12.2. The SMILES string of the molecule is CCOC(=O)[C@@H]1CC[C@H](c2cccc(C)c2)N1C(=O)CNC(=O)[C@H](Cc1ccc(OC(=O)OCc2ccccc2)cc1)SC(C)=O. The number of rotatable bonds is 12. The van der Waals surface area contributed by atoms with Gasteiger partial charge in [-0.15, -0.1) is 0 Å². The standard InChI is InChI=1S/C35H38N2O8S/c1-4-43-34(41)30-18-17-29(27-12-8-9-23(2)19-27)37(30)32(39)21-36-33(40)31(46-24(3)38)20-25-13-15-28(16-14-25)45-35(42)44-22-26-10-6-5-7-11-26/h5-16,19,29-31H,4,17-18,20-22H2,1-3H3,(H,36,40)/t29-,30+,31+/m1/s1. The minimum absolute atomic E-state index is 0.0765. The fourth-order valence-electron chi connectivity index (χ4n) is 5.34. The third-order valence-electron chi connectivity index (χ3n) is 7.42. The van der Waals surface area contributed by atoms with Gasteiger partial charge in [-0.3, -0.25) is 14.4 Å². The molecule has 0 unspecified atom stereocenters. The zero-order valence-electron chi connectivity index (χ0n) is 26.1. The summed E-state index contributed by atoms with van der Waals surface area (Å²) in [6.45, 7) is 4.97. The summed E-state index contributed by atoms with van der Waals surface area (Å²) < 4.78 is 15.6. The van der Waals surface area contributed by atoms with E-state index in [1.54, 1.807) is 31.2 Å². The van der Waals surface area contributed by atoms with Gasteiger partial charge >= 0.3 is 12.1 Å². The molecule has 10 nitrogen and oxygen atoms in total. The van der Waals surface area contributed by atoms with Crippen LogP contribution in [0.4, 0.5) is 4.79 Å². The number of nitrogens with one attached hydrogen (secondary N) is 1. The highest BCUT2D eigenvalue weighted by atomic mass is 32.2. The Hall–Kier alpha value is -4.64. The van der Waals surface area contributed by atoms with Crippen molar-refractivity contribution in [2.75, 3.05) is 13.2 Å². The molecule has 0 aromatic heterocycles. The first kappa shape index (κ1) is 34.2. The molecule has 1 N–H and O–H groups in total. The number of benzene rings is 3. The maximum absolute atomic E-state index is 13.6. The second kappa shape index (κ2) is 16.6. The molecule has 0 radical (unpaired) electrons. The number of nitrogens with zero attached hydrogens (tertiary/aromatic N) is 1. The molecule has 1 heterocycles. The summed E-state index contributed by atoms with van der Waals surface area (Å²) in [7, 11) is 0. The molecule has 3 aromatic rings. The predicted molar refractivity (Wildman–Crippen MR) is 173 cm³/mol. The minimum atomic E-state index is -0.849. The van der Waals surface area contributed by atoms with Gasteiger partial charge in [0.25, 0.3) is 0 Å². The van der Waals surface area contributed by atoms with Crippen LogP contribution in [0.15, 0.2) is 78.9 Å². The van der Waals surface area contributed by atoms with Crippen molar-refractivity contribution in [3.63, 3.8) is 0 Å². The van der Waals surface area contributed by atoms with Gasteiger partial charge < -0.3 is 24.4 Å². The van der Waals surface area contributed by atoms with Crippen LogP contribution in [0.1, 0.15) is 55.0 Å². The Morgan fingerprint density at radius 2 is 1.65 bits per heavy atom. The molecule has 3 aromatic carbocycles. The predicted octanol–water partition coefficient (Wildman–Crippen LogP) is 5.31. The zero-order valence-corrected chi connectivity index (χ0v) is 26.9. The summed E-state index contributed by atoms with van der Waals surface area (Å²) in [4.78, 5) is 65.3. The second-order valence-electron chi connectivity index (χ2n) is 10.9. The first-order valence-electron chi connectivity index (χ1n) is 15.1. The largest absolute Gasteiger partial charge is 0.514 e. The first-order chi connectivity index (χ1) is 22.1. The van der Waals surface area contributed by atoms with Crippen molar-refractivity contribution in [2.45, 2.75) is 64.0 Å². The van der Waals surface area contributed by atoms with E-state index >= 15 is 0 Å². The van der Waals surface area contributed by atoms with Gasteiger partial charge in [0.15, 0.2) is 5.12 Å². The molecule has 0 aliphatic carbocycles. The Morgan fingerprint density at radius 3 is 2.33 bits per heavy atom. The van der Waals surface area contributed by atoms with Crippen molar-refractivity contribution in [1.29, 1.82) is 0 Å². The van der Waals surface area contributed by atoms with Crippen LogP contribution < -0.4 is 10.1 Å². The Labute approximate surface area is 272 Å². The third-order valence-corrected chi connectivity index (χ3v) is 8.42. The number of carbonyl (C=O) groups excluding carboxylic acids is 5. The number of hydrogen-bond acceptors (Lipinski definition) is 9. The molecule has 1 aliphatic rings. The molecule has 0 bridgehead atoms. The molecule has 1 saturated heterocycles. The van der Waals surface area contributed by atoms with E-state index < -0.39 is 35.2 Å². The average Bonchev–Trinajstić information content (AvgIpc) is 3.49. The summed E-state index contributed by atoms with van der Waals surface area (Å²) in [5.74, 6) is -1.11. The number of thioether (sulfide) groups is 1. The molecular weight excluding hydrogens is 608 g/mol. The van der Waals surface area contributed by atoms with E-state index in [4.69, 9.17) is 14.2 Å². The zero-order chi connectivity index (χ0) is 33.1. The highest BCUT2D eigenvalue weighted by Gasteiger charge is 2.42. The Balaban J connectivity index is 1.37. The van der Waals surface area contributed by atoms with E-state index in [1.165, 1.54) is 11.8 Å². The molecule has 11 heteroatoms. The highest BCUT2D eigenvalue weighted by Crippen LogP contribution is 2.37. The molecule has 1 aliphatic heterocycles. The van der Waals surface area contributed by atoms with Crippen LogP contribution in [-0.4, -0.2) is 58.4 Å². The topological polar surface area (TPSA) is 128 Å². The van der Waals surface area contributed by atoms with E-state index in [1.807, 2.05) is 61.5 Å².